The minimum absolute atomic E-state index is 0.658. The first-order valence-electron chi connectivity index (χ1n) is 17.1. The Morgan fingerprint density at radius 3 is 1.63 bits per heavy atom. The van der Waals surface area contributed by atoms with E-state index >= 15 is 0 Å². The number of para-hydroxylation sites is 4. The normalized spacial score (nSPS) is 11.9. The molecule has 4 aromatic heterocycles. The number of nitrogens with zero attached hydrogens (tertiary/aromatic N) is 3. The van der Waals surface area contributed by atoms with Crippen molar-refractivity contribution in [2.45, 2.75) is 0 Å². The van der Waals surface area contributed by atoms with Crippen LogP contribution in [0, 0.1) is 0 Å². The minimum Gasteiger partial charge on any atom is -0.456 e. The summed E-state index contributed by atoms with van der Waals surface area (Å²) in [5.41, 5.74) is 11.2. The highest BCUT2D eigenvalue weighted by molar-refractivity contribution is 6.13. The van der Waals surface area contributed by atoms with Gasteiger partial charge in [0, 0.05) is 49.0 Å². The summed E-state index contributed by atoms with van der Waals surface area (Å²) in [7, 11) is 0. The molecule has 0 N–H and O–H groups in total. The van der Waals surface area contributed by atoms with Gasteiger partial charge >= 0.3 is 0 Å². The molecule has 0 fully saturated rings. The number of furan rings is 2. The number of benzene rings is 7. The van der Waals surface area contributed by atoms with Crippen LogP contribution in [-0.4, -0.2) is 14.5 Å². The van der Waals surface area contributed by atoms with Crippen molar-refractivity contribution in [3.05, 3.63) is 164 Å². The van der Waals surface area contributed by atoms with Gasteiger partial charge in [0.1, 0.15) is 16.7 Å². The van der Waals surface area contributed by atoms with E-state index in [2.05, 4.69) is 120 Å². The van der Waals surface area contributed by atoms with Crippen LogP contribution in [-0.2, 0) is 0 Å². The Hall–Kier alpha value is -6.98. The van der Waals surface area contributed by atoms with E-state index in [1.54, 1.807) is 0 Å². The molecular weight excluding hydrogens is 627 g/mol. The van der Waals surface area contributed by atoms with Crippen molar-refractivity contribution in [3.63, 3.8) is 0 Å². The third kappa shape index (κ3) is 4.28. The second-order valence-electron chi connectivity index (χ2n) is 13.0. The van der Waals surface area contributed by atoms with Gasteiger partial charge in [0.2, 0.25) is 0 Å². The lowest BCUT2D eigenvalue weighted by atomic mass is 10.0. The molecule has 11 rings (SSSR count). The smallest absolute Gasteiger partial charge is 0.160 e. The molecule has 0 aliphatic heterocycles. The predicted molar refractivity (Wildman–Crippen MR) is 207 cm³/mol. The third-order valence-corrected chi connectivity index (χ3v) is 10.0. The van der Waals surface area contributed by atoms with E-state index in [9.17, 15) is 0 Å². The maximum Gasteiger partial charge on any atom is 0.160 e. The van der Waals surface area contributed by atoms with Gasteiger partial charge in [-0.2, -0.15) is 0 Å². The summed E-state index contributed by atoms with van der Waals surface area (Å²) >= 11 is 0. The molecule has 51 heavy (non-hydrogen) atoms. The van der Waals surface area contributed by atoms with Crippen molar-refractivity contribution >= 4 is 65.7 Å². The molecular formula is C46H27N3O2. The first-order valence-corrected chi connectivity index (χ1v) is 17.1. The van der Waals surface area contributed by atoms with E-state index < -0.39 is 0 Å². The molecule has 0 aliphatic carbocycles. The molecule has 0 amide bonds. The van der Waals surface area contributed by atoms with Gasteiger partial charge < -0.3 is 13.4 Å². The summed E-state index contributed by atoms with van der Waals surface area (Å²) in [5.74, 6) is 0.658. The van der Waals surface area contributed by atoms with Crippen LogP contribution in [0.15, 0.2) is 173 Å². The Morgan fingerprint density at radius 1 is 0.373 bits per heavy atom. The summed E-state index contributed by atoms with van der Waals surface area (Å²) in [5, 5.41) is 6.76. The third-order valence-electron chi connectivity index (χ3n) is 10.0. The van der Waals surface area contributed by atoms with Gasteiger partial charge in [0.15, 0.2) is 11.4 Å². The molecule has 5 heteroatoms. The zero-order chi connectivity index (χ0) is 33.5. The Bertz CT molecular complexity index is 3100. The highest BCUT2D eigenvalue weighted by Gasteiger charge is 2.19. The molecule has 4 heterocycles. The van der Waals surface area contributed by atoms with E-state index in [0.717, 1.165) is 88.7 Å². The van der Waals surface area contributed by atoms with E-state index in [1.807, 2.05) is 48.5 Å². The monoisotopic (exact) mass is 653 g/mol. The molecule has 0 saturated carbocycles. The number of hydrogen-bond donors (Lipinski definition) is 0. The lowest BCUT2D eigenvalue weighted by Crippen LogP contribution is -1.95. The van der Waals surface area contributed by atoms with Crippen LogP contribution in [0.1, 0.15) is 0 Å². The van der Waals surface area contributed by atoms with Gasteiger partial charge in [-0.3, -0.25) is 0 Å². The van der Waals surface area contributed by atoms with Gasteiger partial charge in [-0.15, -0.1) is 0 Å². The number of aromatic nitrogens is 3. The van der Waals surface area contributed by atoms with Crippen LogP contribution in [0.2, 0.25) is 0 Å². The molecule has 0 spiro atoms. The molecule has 0 atom stereocenters. The van der Waals surface area contributed by atoms with Crippen molar-refractivity contribution in [2.24, 2.45) is 0 Å². The molecule has 0 bridgehead atoms. The summed E-state index contributed by atoms with van der Waals surface area (Å²) in [6.07, 6.45) is 0. The Morgan fingerprint density at radius 2 is 0.922 bits per heavy atom. The first-order chi connectivity index (χ1) is 25.3. The average molecular weight is 654 g/mol. The van der Waals surface area contributed by atoms with E-state index in [0.29, 0.717) is 5.82 Å². The van der Waals surface area contributed by atoms with Gasteiger partial charge in [0.05, 0.1) is 28.1 Å². The summed E-state index contributed by atoms with van der Waals surface area (Å²) in [6.45, 7) is 0. The maximum atomic E-state index is 6.80. The van der Waals surface area contributed by atoms with Crippen molar-refractivity contribution in [1.82, 2.24) is 14.5 Å². The molecule has 11 aromatic rings. The SMILES string of the molecule is c1ccc(-c2nc(-c3ccc4c(c3)oc3ccccc34)cc(-c3ccc4c(c3)oc3c(-n5c6ccccc6c6ccccc65)cccc34)n2)cc1. The molecule has 7 aromatic carbocycles. The maximum absolute atomic E-state index is 6.80. The van der Waals surface area contributed by atoms with Crippen LogP contribution in [0.25, 0.3) is 105 Å². The highest BCUT2D eigenvalue weighted by Crippen LogP contribution is 2.40. The first kappa shape index (κ1) is 27.9. The number of hydrogen-bond acceptors (Lipinski definition) is 4. The molecule has 0 aliphatic rings. The largest absolute Gasteiger partial charge is 0.456 e. The van der Waals surface area contributed by atoms with E-state index in [-0.39, 0.29) is 0 Å². The average Bonchev–Trinajstić information content (AvgIpc) is 3.87. The van der Waals surface area contributed by atoms with E-state index in [1.165, 1.54) is 10.8 Å². The number of rotatable bonds is 4. The Labute approximate surface area is 291 Å². The molecule has 0 saturated heterocycles. The van der Waals surface area contributed by atoms with Crippen molar-refractivity contribution < 1.29 is 8.83 Å². The van der Waals surface area contributed by atoms with E-state index in [4.69, 9.17) is 18.8 Å². The van der Waals surface area contributed by atoms with Crippen LogP contribution in [0.3, 0.4) is 0 Å². The highest BCUT2D eigenvalue weighted by atomic mass is 16.3. The van der Waals surface area contributed by atoms with Crippen molar-refractivity contribution in [2.75, 3.05) is 0 Å². The summed E-state index contributed by atoms with van der Waals surface area (Å²) < 4.78 is 15.4. The van der Waals surface area contributed by atoms with Crippen LogP contribution < -0.4 is 0 Å². The fraction of sp³-hybridized carbons (Fsp3) is 0. The van der Waals surface area contributed by atoms with Crippen molar-refractivity contribution in [3.8, 4) is 39.6 Å². The second-order valence-corrected chi connectivity index (χ2v) is 13.0. The Balaban J connectivity index is 1.09. The molecule has 5 nitrogen and oxygen atoms in total. The molecule has 0 radical (unpaired) electrons. The minimum atomic E-state index is 0.658. The fourth-order valence-electron chi connectivity index (χ4n) is 7.65. The lowest BCUT2D eigenvalue weighted by molar-refractivity contribution is 0.666. The topological polar surface area (TPSA) is 57.0 Å². The molecule has 0 unspecified atom stereocenters. The number of fused-ring (bicyclic) bond motifs is 9. The van der Waals surface area contributed by atoms with Crippen LogP contribution >= 0.6 is 0 Å². The fourth-order valence-corrected chi connectivity index (χ4v) is 7.65. The lowest BCUT2D eigenvalue weighted by Gasteiger charge is -2.09. The van der Waals surface area contributed by atoms with Gasteiger partial charge in [-0.1, -0.05) is 109 Å². The zero-order valence-corrected chi connectivity index (χ0v) is 27.2. The summed E-state index contributed by atoms with van der Waals surface area (Å²) in [6, 6.07) is 56.5. The predicted octanol–water partition coefficient (Wildman–Crippen LogP) is 12.4. The van der Waals surface area contributed by atoms with Crippen molar-refractivity contribution in [1.29, 1.82) is 0 Å². The van der Waals surface area contributed by atoms with Gasteiger partial charge in [-0.05, 0) is 54.6 Å². The second kappa shape index (κ2) is 10.8. The summed E-state index contributed by atoms with van der Waals surface area (Å²) in [4.78, 5) is 10.2. The van der Waals surface area contributed by atoms with Crippen LogP contribution in [0.5, 0.6) is 0 Å². The quantitative estimate of drug-likeness (QED) is 0.190. The van der Waals surface area contributed by atoms with Gasteiger partial charge in [0.25, 0.3) is 0 Å². The van der Waals surface area contributed by atoms with Gasteiger partial charge in [-0.25, -0.2) is 9.97 Å². The zero-order valence-electron chi connectivity index (χ0n) is 27.2. The standard InChI is InChI=1S/C46H27N3O2/c1-2-11-28(12-3-1)46-47-37(29-21-23-34-33-15-6-9-20-42(33)50-43(34)25-29)27-38(48-46)30-22-24-35-36-16-10-19-41(45(36)51-44(35)26-30)49-39-17-7-4-13-31(39)32-14-5-8-18-40(32)49/h1-27H. The molecule has 238 valence electrons. The Kier molecular flexibility index (Phi) is 5.89. The van der Waals surface area contributed by atoms with Crippen LogP contribution in [0.4, 0.5) is 0 Å².